The minimum absolute atomic E-state index is 0.0759. The average Bonchev–Trinajstić information content (AvgIpc) is 2.72. The maximum Gasteiger partial charge on any atom is 0.246 e. The van der Waals surface area contributed by atoms with Crippen LogP contribution in [0.15, 0.2) is 30.5 Å². The van der Waals surface area contributed by atoms with Crippen molar-refractivity contribution in [3.05, 3.63) is 52.6 Å². The van der Waals surface area contributed by atoms with Crippen molar-refractivity contribution in [2.45, 2.75) is 19.5 Å². The van der Waals surface area contributed by atoms with Gasteiger partial charge in [0.05, 0.1) is 5.69 Å². The first kappa shape index (κ1) is 13.0. The molecule has 102 valence electrons. The smallest absolute Gasteiger partial charge is 0.246 e. The van der Waals surface area contributed by atoms with E-state index in [-0.39, 0.29) is 5.91 Å². The zero-order valence-corrected chi connectivity index (χ0v) is 11.6. The first-order chi connectivity index (χ1) is 9.63. The molecule has 1 aliphatic rings. The Morgan fingerprint density at radius 2 is 2.25 bits per heavy atom. The first-order valence-corrected chi connectivity index (χ1v) is 6.63. The Morgan fingerprint density at radius 3 is 3.05 bits per heavy atom. The molecule has 5 nitrogen and oxygen atoms in total. The summed E-state index contributed by atoms with van der Waals surface area (Å²) in [7, 11) is 0. The second-order valence-electron chi connectivity index (χ2n) is 4.63. The number of amides is 1. The van der Waals surface area contributed by atoms with E-state index in [1.807, 2.05) is 19.1 Å². The predicted molar refractivity (Wildman–Crippen MR) is 76.4 cm³/mol. The molecule has 1 aromatic carbocycles. The molecular formula is C14H13ClN4O. The van der Waals surface area contributed by atoms with Gasteiger partial charge in [0.15, 0.2) is 0 Å². The lowest BCUT2D eigenvalue weighted by atomic mass is 10.1. The highest BCUT2D eigenvalue weighted by atomic mass is 35.5. The fourth-order valence-electron chi connectivity index (χ4n) is 2.25. The largest absolute Gasteiger partial charge is 0.324 e. The zero-order valence-electron chi connectivity index (χ0n) is 10.9. The van der Waals surface area contributed by atoms with Crippen LogP contribution >= 0.6 is 11.6 Å². The molecule has 0 saturated carbocycles. The maximum atomic E-state index is 12.0. The van der Waals surface area contributed by atoms with Gasteiger partial charge in [-0.2, -0.15) is 0 Å². The van der Waals surface area contributed by atoms with Crippen LogP contribution in [0.4, 0.5) is 5.69 Å². The molecule has 2 N–H and O–H groups in total. The van der Waals surface area contributed by atoms with Crippen molar-refractivity contribution in [3.8, 4) is 0 Å². The van der Waals surface area contributed by atoms with Gasteiger partial charge in [0.1, 0.15) is 11.9 Å². The van der Waals surface area contributed by atoms with E-state index in [4.69, 9.17) is 11.6 Å². The predicted octanol–water partition coefficient (Wildman–Crippen LogP) is 2.22. The summed E-state index contributed by atoms with van der Waals surface area (Å²) >= 11 is 5.99. The highest BCUT2D eigenvalue weighted by Crippen LogP contribution is 2.32. The van der Waals surface area contributed by atoms with Gasteiger partial charge < -0.3 is 5.32 Å². The molecule has 2 aromatic rings. The first-order valence-electron chi connectivity index (χ1n) is 6.26. The summed E-state index contributed by atoms with van der Waals surface area (Å²) in [5.74, 6) is 0.636. The Bertz CT molecular complexity index is 674. The van der Waals surface area contributed by atoms with Crippen molar-refractivity contribution in [2.24, 2.45) is 0 Å². The summed E-state index contributed by atoms with van der Waals surface area (Å²) in [5, 5.41) is 6.64. The lowest BCUT2D eigenvalue weighted by Gasteiger charge is -2.11. The number of aromatic nitrogens is 2. The summed E-state index contributed by atoms with van der Waals surface area (Å²) in [6.07, 6.45) is 1.71. The molecule has 0 radical (unpaired) electrons. The molecule has 0 aliphatic carbocycles. The number of hydrogen-bond donors (Lipinski definition) is 2. The van der Waals surface area contributed by atoms with E-state index in [1.54, 1.807) is 18.3 Å². The SMILES string of the molecule is Cc1nccc(CNC2C(=O)Nc3ccc(Cl)cc32)n1. The van der Waals surface area contributed by atoms with Crippen molar-refractivity contribution in [3.63, 3.8) is 0 Å². The molecule has 3 rings (SSSR count). The monoisotopic (exact) mass is 288 g/mol. The van der Waals surface area contributed by atoms with E-state index in [9.17, 15) is 4.79 Å². The standard InChI is InChI=1S/C14H13ClN4O/c1-8-16-5-4-10(18-8)7-17-13-11-6-9(15)2-3-12(11)19-14(13)20/h2-6,13,17H,7H2,1H3,(H,19,20). The van der Waals surface area contributed by atoms with Crippen molar-refractivity contribution in [2.75, 3.05) is 5.32 Å². The van der Waals surface area contributed by atoms with Gasteiger partial charge in [-0.1, -0.05) is 11.6 Å². The van der Waals surface area contributed by atoms with Crippen molar-refractivity contribution in [1.29, 1.82) is 0 Å². The summed E-state index contributed by atoms with van der Waals surface area (Å²) < 4.78 is 0. The van der Waals surface area contributed by atoms with Crippen molar-refractivity contribution < 1.29 is 4.79 Å². The number of benzene rings is 1. The fourth-order valence-corrected chi connectivity index (χ4v) is 2.43. The number of anilines is 1. The van der Waals surface area contributed by atoms with Crippen molar-refractivity contribution in [1.82, 2.24) is 15.3 Å². The van der Waals surface area contributed by atoms with E-state index >= 15 is 0 Å². The van der Waals surface area contributed by atoms with E-state index in [2.05, 4.69) is 20.6 Å². The molecule has 1 atom stereocenters. The zero-order chi connectivity index (χ0) is 14.1. The Balaban J connectivity index is 1.78. The van der Waals surface area contributed by atoms with Crippen LogP contribution in [0, 0.1) is 6.92 Å². The molecule has 1 aromatic heterocycles. The van der Waals surface area contributed by atoms with Gasteiger partial charge in [-0.15, -0.1) is 0 Å². The third kappa shape index (κ3) is 2.50. The van der Waals surface area contributed by atoms with Crippen LogP contribution < -0.4 is 10.6 Å². The number of carbonyl (C=O) groups is 1. The van der Waals surface area contributed by atoms with Gasteiger partial charge in [-0.25, -0.2) is 9.97 Å². The Kier molecular flexibility index (Phi) is 3.38. The summed E-state index contributed by atoms with van der Waals surface area (Å²) in [6, 6.07) is 6.80. The lowest BCUT2D eigenvalue weighted by molar-refractivity contribution is -0.117. The molecule has 0 bridgehead atoms. The topological polar surface area (TPSA) is 66.9 Å². The minimum atomic E-state index is -0.404. The van der Waals surface area contributed by atoms with Gasteiger partial charge >= 0.3 is 0 Å². The van der Waals surface area contributed by atoms with Gasteiger partial charge in [-0.3, -0.25) is 10.1 Å². The number of halogens is 1. The molecule has 0 fully saturated rings. The number of aryl methyl sites for hydroxylation is 1. The molecule has 0 spiro atoms. The van der Waals surface area contributed by atoms with Crippen LogP contribution in [-0.2, 0) is 11.3 Å². The van der Waals surface area contributed by atoms with Crippen LogP contribution in [-0.4, -0.2) is 15.9 Å². The van der Waals surface area contributed by atoms with Crippen LogP contribution in [0.25, 0.3) is 0 Å². The Labute approximate surface area is 121 Å². The van der Waals surface area contributed by atoms with Crippen LogP contribution in [0.5, 0.6) is 0 Å². The second-order valence-corrected chi connectivity index (χ2v) is 5.07. The van der Waals surface area contributed by atoms with Gasteiger partial charge in [0.2, 0.25) is 5.91 Å². The molecule has 0 saturated heterocycles. The number of nitrogens with zero attached hydrogens (tertiary/aromatic N) is 2. The van der Waals surface area contributed by atoms with E-state index in [0.717, 1.165) is 16.9 Å². The number of rotatable bonds is 3. The van der Waals surface area contributed by atoms with Gasteiger partial charge in [0.25, 0.3) is 0 Å². The quantitative estimate of drug-likeness (QED) is 0.909. The van der Waals surface area contributed by atoms with Gasteiger partial charge in [-0.05, 0) is 31.2 Å². The van der Waals surface area contributed by atoms with E-state index in [1.165, 1.54) is 0 Å². The third-order valence-electron chi connectivity index (χ3n) is 3.17. The Hall–Kier alpha value is -1.98. The number of carbonyl (C=O) groups excluding carboxylic acids is 1. The molecule has 2 heterocycles. The second kappa shape index (κ2) is 5.19. The van der Waals surface area contributed by atoms with E-state index < -0.39 is 6.04 Å². The molecule has 1 aliphatic heterocycles. The molecule has 1 amide bonds. The summed E-state index contributed by atoms with van der Waals surface area (Å²) in [5.41, 5.74) is 2.52. The minimum Gasteiger partial charge on any atom is -0.324 e. The van der Waals surface area contributed by atoms with Crippen LogP contribution in [0.3, 0.4) is 0 Å². The Morgan fingerprint density at radius 1 is 1.40 bits per heavy atom. The fraction of sp³-hybridized carbons (Fsp3) is 0.214. The molecular weight excluding hydrogens is 276 g/mol. The normalized spacial score (nSPS) is 16.9. The summed E-state index contributed by atoms with van der Waals surface area (Å²) in [6.45, 7) is 2.33. The number of hydrogen-bond acceptors (Lipinski definition) is 4. The average molecular weight is 289 g/mol. The highest BCUT2D eigenvalue weighted by molar-refractivity contribution is 6.31. The molecule has 1 unspecified atom stereocenters. The third-order valence-corrected chi connectivity index (χ3v) is 3.40. The number of nitrogens with one attached hydrogen (secondary N) is 2. The van der Waals surface area contributed by atoms with Crippen molar-refractivity contribution >= 4 is 23.2 Å². The molecule has 6 heteroatoms. The number of fused-ring (bicyclic) bond motifs is 1. The van der Waals surface area contributed by atoms with Crippen LogP contribution in [0.1, 0.15) is 23.1 Å². The van der Waals surface area contributed by atoms with E-state index in [0.29, 0.717) is 17.4 Å². The summed E-state index contributed by atoms with van der Waals surface area (Å²) in [4.78, 5) is 20.3. The maximum absolute atomic E-state index is 12.0. The van der Waals surface area contributed by atoms with Gasteiger partial charge in [0, 0.05) is 29.0 Å². The highest BCUT2D eigenvalue weighted by Gasteiger charge is 2.30. The molecule has 20 heavy (non-hydrogen) atoms. The lowest BCUT2D eigenvalue weighted by Crippen LogP contribution is -2.27. The van der Waals surface area contributed by atoms with Crippen LogP contribution in [0.2, 0.25) is 5.02 Å².